The van der Waals surface area contributed by atoms with Crippen molar-refractivity contribution in [3.63, 3.8) is 0 Å². The predicted octanol–water partition coefficient (Wildman–Crippen LogP) is 1.31. The molecular weight excluding hydrogens is 352 g/mol. The highest BCUT2D eigenvalue weighted by Gasteiger charge is 2.20. The number of ether oxygens (including phenoxy) is 1. The van der Waals surface area contributed by atoms with Crippen LogP contribution >= 0.6 is 0 Å². The van der Waals surface area contributed by atoms with Crippen molar-refractivity contribution >= 4 is 11.0 Å². The molecule has 0 spiro atoms. The fraction of sp³-hybridized carbons (Fsp3) is 0.348. The Bertz CT molecular complexity index is 977. The van der Waals surface area contributed by atoms with E-state index >= 15 is 0 Å². The Kier molecular flexibility index (Phi) is 6.49. The van der Waals surface area contributed by atoms with Gasteiger partial charge in [0, 0.05) is 28.6 Å². The van der Waals surface area contributed by atoms with Crippen LogP contribution in [0.3, 0.4) is 0 Å². The molecule has 5 heteroatoms. The number of fused-ring (bicyclic) bond motifs is 1. The average Bonchev–Trinajstić information content (AvgIpc) is 2.70. The Hall–Kier alpha value is -2.63. The Balaban J connectivity index is 1.76. The number of hydrogen-bond acceptors (Lipinski definition) is 3. The van der Waals surface area contributed by atoms with Crippen LogP contribution in [0.1, 0.15) is 29.7 Å². The third kappa shape index (κ3) is 4.61. The van der Waals surface area contributed by atoms with Gasteiger partial charge in [-0.3, -0.25) is 0 Å². The number of likely N-dealkylation sites (N-methyl/N-ethyl adjacent to an activating group) is 1. The molecule has 0 saturated heterocycles. The van der Waals surface area contributed by atoms with Crippen LogP contribution in [-0.4, -0.2) is 27.7 Å². The largest absolute Gasteiger partial charge is 0.497 e. The number of hydrogen-bond donors (Lipinski definition) is 2. The number of nitrogens with one attached hydrogen (secondary N) is 1. The van der Waals surface area contributed by atoms with Crippen LogP contribution in [-0.2, 0) is 13.0 Å². The van der Waals surface area contributed by atoms with Crippen molar-refractivity contribution in [1.29, 1.82) is 0 Å². The first-order chi connectivity index (χ1) is 13.5. The molecule has 3 aromatic rings. The van der Waals surface area contributed by atoms with Crippen molar-refractivity contribution in [3.8, 4) is 5.75 Å². The monoisotopic (exact) mass is 382 g/mol. The van der Waals surface area contributed by atoms with Gasteiger partial charge in [0.15, 0.2) is 6.04 Å². The summed E-state index contributed by atoms with van der Waals surface area (Å²) in [6.07, 6.45) is 1.06. The van der Waals surface area contributed by atoms with Gasteiger partial charge >= 0.3 is 5.63 Å². The summed E-state index contributed by atoms with van der Waals surface area (Å²) < 4.78 is 10.6. The summed E-state index contributed by atoms with van der Waals surface area (Å²) in [4.78, 5) is 13.4. The van der Waals surface area contributed by atoms with Gasteiger partial charge in [0.05, 0.1) is 21.2 Å². The molecule has 148 valence electrons. The molecule has 1 atom stereocenters. The molecule has 0 radical (unpaired) electrons. The van der Waals surface area contributed by atoms with Gasteiger partial charge in [-0.15, -0.1) is 0 Å². The molecule has 0 amide bonds. The molecule has 0 bridgehead atoms. The van der Waals surface area contributed by atoms with Gasteiger partial charge < -0.3 is 19.4 Å². The second-order valence-electron chi connectivity index (χ2n) is 7.41. The predicted molar refractivity (Wildman–Crippen MR) is 111 cm³/mol. The van der Waals surface area contributed by atoms with Crippen LogP contribution in [0.2, 0.25) is 0 Å². The van der Waals surface area contributed by atoms with Gasteiger partial charge in [-0.25, -0.2) is 4.79 Å². The molecule has 0 saturated carbocycles. The van der Waals surface area contributed by atoms with Gasteiger partial charge in [0.2, 0.25) is 0 Å². The highest BCUT2D eigenvalue weighted by atomic mass is 16.5. The first-order valence-corrected chi connectivity index (χ1v) is 9.83. The van der Waals surface area contributed by atoms with Gasteiger partial charge in [-0.05, 0) is 24.1 Å². The lowest BCUT2D eigenvalue weighted by Crippen LogP contribution is -3.09. The van der Waals surface area contributed by atoms with Crippen molar-refractivity contribution in [2.75, 3.05) is 27.7 Å². The first-order valence-electron chi connectivity index (χ1n) is 9.83. The summed E-state index contributed by atoms with van der Waals surface area (Å²) in [6, 6.07) is 16.5. The number of nitrogens with two attached hydrogens (primary N) is 1. The first kappa shape index (κ1) is 20.1. The molecule has 0 unspecified atom stereocenters. The van der Waals surface area contributed by atoms with E-state index < -0.39 is 0 Å². The quantitative estimate of drug-likeness (QED) is 0.578. The fourth-order valence-corrected chi connectivity index (χ4v) is 3.60. The summed E-state index contributed by atoms with van der Waals surface area (Å²) in [7, 11) is 5.98. The SMILES string of the molecule is CCc1ccc([C@@H](C[NH2+]Cc2cc(=O)oc3cc(OC)ccc23)[NH+](C)C)cc1. The third-order valence-electron chi connectivity index (χ3n) is 5.29. The Labute approximate surface area is 165 Å². The zero-order valence-electron chi connectivity index (χ0n) is 17.1. The van der Waals surface area contributed by atoms with E-state index in [2.05, 4.69) is 50.6 Å². The van der Waals surface area contributed by atoms with Gasteiger partial charge in [-0.1, -0.05) is 31.2 Å². The third-order valence-corrected chi connectivity index (χ3v) is 5.29. The van der Waals surface area contributed by atoms with E-state index in [9.17, 15) is 4.79 Å². The summed E-state index contributed by atoms with van der Waals surface area (Å²) in [5.74, 6) is 0.684. The number of methoxy groups -OCH3 is 1. The Morgan fingerprint density at radius 1 is 1.11 bits per heavy atom. The maximum atomic E-state index is 12.0. The van der Waals surface area contributed by atoms with Crippen LogP contribution in [0.15, 0.2) is 57.7 Å². The zero-order chi connectivity index (χ0) is 20.1. The Morgan fingerprint density at radius 3 is 2.50 bits per heavy atom. The molecule has 0 aliphatic heterocycles. The molecular formula is C23H30N2O3+2. The highest BCUT2D eigenvalue weighted by Crippen LogP contribution is 2.22. The number of benzene rings is 2. The van der Waals surface area contributed by atoms with E-state index in [0.29, 0.717) is 17.4 Å². The van der Waals surface area contributed by atoms with E-state index in [0.717, 1.165) is 30.5 Å². The second kappa shape index (κ2) is 9.04. The van der Waals surface area contributed by atoms with Crippen molar-refractivity contribution in [3.05, 3.63) is 75.6 Å². The molecule has 3 rings (SSSR count). The average molecular weight is 383 g/mol. The zero-order valence-corrected chi connectivity index (χ0v) is 17.1. The summed E-state index contributed by atoms with van der Waals surface area (Å²) in [6.45, 7) is 3.84. The molecule has 3 N–H and O–H groups in total. The molecule has 0 aliphatic rings. The van der Waals surface area contributed by atoms with E-state index in [4.69, 9.17) is 9.15 Å². The van der Waals surface area contributed by atoms with E-state index in [1.807, 2.05) is 12.1 Å². The molecule has 2 aromatic carbocycles. The highest BCUT2D eigenvalue weighted by molar-refractivity contribution is 5.81. The Morgan fingerprint density at radius 2 is 1.86 bits per heavy atom. The lowest BCUT2D eigenvalue weighted by atomic mass is 10.0. The maximum Gasteiger partial charge on any atom is 0.336 e. The summed E-state index contributed by atoms with van der Waals surface area (Å²) in [5, 5.41) is 3.22. The minimum atomic E-state index is -0.325. The van der Waals surface area contributed by atoms with Crippen LogP contribution in [0.4, 0.5) is 0 Å². The summed E-state index contributed by atoms with van der Waals surface area (Å²) >= 11 is 0. The van der Waals surface area contributed by atoms with Gasteiger partial charge in [0.1, 0.15) is 24.4 Å². The van der Waals surface area contributed by atoms with Crippen molar-refractivity contribution in [1.82, 2.24) is 0 Å². The normalized spacial score (nSPS) is 12.5. The lowest BCUT2D eigenvalue weighted by molar-refractivity contribution is -0.910. The molecule has 5 nitrogen and oxygen atoms in total. The van der Waals surface area contributed by atoms with E-state index in [1.165, 1.54) is 16.0 Å². The molecule has 28 heavy (non-hydrogen) atoms. The van der Waals surface area contributed by atoms with Crippen molar-refractivity contribution in [2.24, 2.45) is 0 Å². The van der Waals surface area contributed by atoms with Crippen LogP contribution in [0, 0.1) is 0 Å². The fourth-order valence-electron chi connectivity index (χ4n) is 3.60. The van der Waals surface area contributed by atoms with Crippen LogP contribution in [0.5, 0.6) is 5.75 Å². The van der Waals surface area contributed by atoms with Crippen LogP contribution < -0.4 is 20.6 Å². The van der Waals surface area contributed by atoms with Crippen LogP contribution in [0.25, 0.3) is 11.0 Å². The lowest BCUT2D eigenvalue weighted by Gasteiger charge is -2.20. The van der Waals surface area contributed by atoms with Gasteiger partial charge in [0.25, 0.3) is 0 Å². The number of quaternary nitrogens is 2. The minimum absolute atomic E-state index is 0.325. The minimum Gasteiger partial charge on any atom is -0.497 e. The smallest absolute Gasteiger partial charge is 0.336 e. The van der Waals surface area contributed by atoms with E-state index in [-0.39, 0.29) is 5.63 Å². The molecule has 0 aliphatic carbocycles. The standard InChI is InChI=1S/C23H28N2O3/c1-5-16-6-8-17(9-7-16)21(25(2)3)15-24-14-18-12-23(26)28-22-13-19(27-4)10-11-20(18)22/h6-13,21,24H,5,14-15H2,1-4H3/p+2/t21-/m1/s1. The summed E-state index contributed by atoms with van der Waals surface area (Å²) in [5.41, 5.74) is 3.94. The van der Waals surface area contributed by atoms with Crippen molar-refractivity contribution < 1.29 is 19.4 Å². The molecule has 1 heterocycles. The van der Waals surface area contributed by atoms with Crippen molar-refractivity contribution in [2.45, 2.75) is 25.9 Å². The topological polar surface area (TPSA) is 60.5 Å². The second-order valence-corrected chi connectivity index (χ2v) is 7.41. The van der Waals surface area contributed by atoms with E-state index in [1.54, 1.807) is 19.2 Å². The number of aryl methyl sites for hydroxylation is 1. The molecule has 0 fully saturated rings. The van der Waals surface area contributed by atoms with Gasteiger partial charge in [-0.2, -0.15) is 0 Å². The molecule has 1 aromatic heterocycles. The maximum absolute atomic E-state index is 12.0. The number of rotatable bonds is 8.